The minimum absolute atomic E-state index is 0.121. The Morgan fingerprint density at radius 2 is 1.78 bits per heavy atom. The van der Waals surface area contributed by atoms with Gasteiger partial charge in [-0.1, -0.05) is 24.3 Å². The molecule has 0 aliphatic carbocycles. The Morgan fingerprint density at radius 3 is 2.39 bits per heavy atom. The number of rotatable bonds is 6. The quantitative estimate of drug-likeness (QED) is 0.784. The van der Waals surface area contributed by atoms with Gasteiger partial charge in [-0.3, -0.25) is 0 Å². The topological polar surface area (TPSA) is 32.3 Å². The van der Waals surface area contributed by atoms with Crippen LogP contribution in [-0.4, -0.2) is 11.7 Å². The number of hydrogen-bond acceptors (Lipinski definition) is 3. The summed E-state index contributed by atoms with van der Waals surface area (Å²) in [6, 6.07) is 12.5. The van der Waals surface area contributed by atoms with E-state index in [1.165, 1.54) is 15.3 Å². The first kappa shape index (κ1) is 13.3. The molecule has 0 aliphatic heterocycles. The lowest BCUT2D eigenvalue weighted by atomic mass is 10.1. The van der Waals surface area contributed by atoms with Crippen LogP contribution in [0.3, 0.4) is 0 Å². The van der Waals surface area contributed by atoms with Gasteiger partial charge in [-0.05, 0) is 43.1 Å². The maximum Gasteiger partial charge on any atom is 0.0681 e. The third kappa shape index (κ3) is 3.95. The van der Waals surface area contributed by atoms with Crippen LogP contribution in [0.25, 0.3) is 0 Å². The minimum atomic E-state index is 0.121. The number of benzene rings is 1. The summed E-state index contributed by atoms with van der Waals surface area (Å²) in [7, 11) is 0. The van der Waals surface area contributed by atoms with E-state index in [0.717, 1.165) is 25.1 Å². The summed E-state index contributed by atoms with van der Waals surface area (Å²) in [4.78, 5) is 2.76. The lowest BCUT2D eigenvalue weighted by molar-refractivity contribution is 0.282. The molecular weight excluding hydrogens is 242 g/mol. The summed E-state index contributed by atoms with van der Waals surface area (Å²) in [6.45, 7) is 4.19. The number of aryl methyl sites for hydroxylation is 1. The van der Waals surface area contributed by atoms with Crippen LogP contribution in [-0.2, 0) is 19.6 Å². The SMILES string of the molecule is Cc1ccc(CNCCc2ccc(CO)cc2)s1. The first-order valence-electron chi connectivity index (χ1n) is 6.22. The second-order valence-corrected chi connectivity index (χ2v) is 5.79. The fraction of sp³-hybridized carbons (Fsp3) is 0.333. The molecular formula is C15H19NOS. The summed E-state index contributed by atoms with van der Waals surface area (Å²) < 4.78 is 0. The highest BCUT2D eigenvalue weighted by Crippen LogP contribution is 2.14. The Bertz CT molecular complexity index is 475. The van der Waals surface area contributed by atoms with Crippen molar-refractivity contribution in [1.29, 1.82) is 0 Å². The van der Waals surface area contributed by atoms with Crippen LogP contribution in [0.4, 0.5) is 0 Å². The molecule has 0 spiro atoms. The van der Waals surface area contributed by atoms with Crippen LogP contribution < -0.4 is 5.32 Å². The molecule has 96 valence electrons. The highest BCUT2D eigenvalue weighted by Gasteiger charge is 1.97. The Kier molecular flexibility index (Phi) is 4.93. The molecule has 0 amide bonds. The van der Waals surface area contributed by atoms with E-state index in [2.05, 4.69) is 36.5 Å². The van der Waals surface area contributed by atoms with E-state index in [1.54, 1.807) is 0 Å². The molecule has 1 heterocycles. The van der Waals surface area contributed by atoms with E-state index in [9.17, 15) is 0 Å². The van der Waals surface area contributed by atoms with E-state index < -0.39 is 0 Å². The van der Waals surface area contributed by atoms with Crippen molar-refractivity contribution in [2.45, 2.75) is 26.5 Å². The fourth-order valence-electron chi connectivity index (χ4n) is 1.84. The normalized spacial score (nSPS) is 10.8. The van der Waals surface area contributed by atoms with Crippen LogP contribution in [0.5, 0.6) is 0 Å². The molecule has 0 fully saturated rings. The van der Waals surface area contributed by atoms with Crippen molar-refractivity contribution in [3.63, 3.8) is 0 Å². The lowest BCUT2D eigenvalue weighted by Crippen LogP contribution is -2.15. The molecule has 2 rings (SSSR count). The van der Waals surface area contributed by atoms with Crippen molar-refractivity contribution < 1.29 is 5.11 Å². The van der Waals surface area contributed by atoms with Gasteiger partial charge in [0.15, 0.2) is 0 Å². The number of aliphatic hydroxyl groups is 1. The molecule has 1 aromatic heterocycles. The molecule has 2 nitrogen and oxygen atoms in total. The smallest absolute Gasteiger partial charge is 0.0681 e. The van der Waals surface area contributed by atoms with Gasteiger partial charge in [-0.25, -0.2) is 0 Å². The monoisotopic (exact) mass is 261 g/mol. The van der Waals surface area contributed by atoms with Crippen LogP contribution in [0.1, 0.15) is 20.9 Å². The first-order valence-corrected chi connectivity index (χ1v) is 7.04. The Balaban J connectivity index is 1.71. The lowest BCUT2D eigenvalue weighted by Gasteiger charge is -2.04. The van der Waals surface area contributed by atoms with Gasteiger partial charge < -0.3 is 10.4 Å². The predicted molar refractivity (Wildman–Crippen MR) is 76.8 cm³/mol. The molecule has 3 heteroatoms. The number of nitrogens with one attached hydrogen (secondary N) is 1. The Labute approximate surface area is 112 Å². The first-order chi connectivity index (χ1) is 8.78. The van der Waals surface area contributed by atoms with Crippen LogP contribution in [0.15, 0.2) is 36.4 Å². The maximum atomic E-state index is 8.96. The van der Waals surface area contributed by atoms with E-state index >= 15 is 0 Å². The molecule has 0 bridgehead atoms. The van der Waals surface area contributed by atoms with Gasteiger partial charge >= 0.3 is 0 Å². The maximum absolute atomic E-state index is 8.96. The Morgan fingerprint density at radius 1 is 1.06 bits per heavy atom. The van der Waals surface area contributed by atoms with E-state index in [1.807, 2.05) is 23.5 Å². The summed E-state index contributed by atoms with van der Waals surface area (Å²) in [5, 5.41) is 12.4. The van der Waals surface area contributed by atoms with E-state index in [0.29, 0.717) is 0 Å². The third-order valence-corrected chi connectivity index (χ3v) is 3.89. The standard InChI is InChI=1S/C15H19NOS/c1-12-2-7-15(18-12)10-16-9-8-13-3-5-14(11-17)6-4-13/h2-7,16-17H,8-11H2,1H3. The molecule has 0 unspecified atom stereocenters. The van der Waals surface area contributed by atoms with Crippen molar-refractivity contribution in [3.8, 4) is 0 Å². The summed E-state index contributed by atoms with van der Waals surface area (Å²) >= 11 is 1.85. The average Bonchev–Trinajstić information content (AvgIpc) is 2.81. The summed E-state index contributed by atoms with van der Waals surface area (Å²) in [6.07, 6.45) is 1.02. The highest BCUT2D eigenvalue weighted by atomic mass is 32.1. The van der Waals surface area contributed by atoms with Gasteiger partial charge in [0.25, 0.3) is 0 Å². The molecule has 2 aromatic rings. The number of aliphatic hydroxyl groups excluding tert-OH is 1. The number of hydrogen-bond donors (Lipinski definition) is 2. The minimum Gasteiger partial charge on any atom is -0.392 e. The van der Waals surface area contributed by atoms with Crippen LogP contribution in [0.2, 0.25) is 0 Å². The molecule has 1 aromatic carbocycles. The van der Waals surface area contributed by atoms with E-state index in [4.69, 9.17) is 5.11 Å². The zero-order valence-electron chi connectivity index (χ0n) is 10.6. The summed E-state index contributed by atoms with van der Waals surface area (Å²) in [5.74, 6) is 0. The highest BCUT2D eigenvalue weighted by molar-refractivity contribution is 7.11. The molecule has 0 saturated heterocycles. The van der Waals surface area contributed by atoms with Gasteiger partial charge in [-0.2, -0.15) is 0 Å². The van der Waals surface area contributed by atoms with Gasteiger partial charge in [-0.15, -0.1) is 11.3 Å². The van der Waals surface area contributed by atoms with Crippen LogP contribution >= 0.6 is 11.3 Å². The van der Waals surface area contributed by atoms with Gasteiger partial charge in [0.1, 0.15) is 0 Å². The molecule has 0 atom stereocenters. The molecule has 2 N–H and O–H groups in total. The van der Waals surface area contributed by atoms with Crippen molar-refractivity contribution in [2.75, 3.05) is 6.54 Å². The average molecular weight is 261 g/mol. The zero-order valence-corrected chi connectivity index (χ0v) is 11.5. The van der Waals surface area contributed by atoms with E-state index in [-0.39, 0.29) is 6.61 Å². The zero-order chi connectivity index (χ0) is 12.8. The van der Waals surface area contributed by atoms with Crippen molar-refractivity contribution in [3.05, 3.63) is 57.3 Å². The summed E-state index contributed by atoms with van der Waals surface area (Å²) in [5.41, 5.74) is 2.28. The van der Waals surface area contributed by atoms with Gasteiger partial charge in [0.2, 0.25) is 0 Å². The third-order valence-electron chi connectivity index (χ3n) is 2.89. The molecule has 0 aliphatic rings. The second kappa shape index (κ2) is 6.69. The molecule has 0 radical (unpaired) electrons. The van der Waals surface area contributed by atoms with Crippen molar-refractivity contribution in [2.24, 2.45) is 0 Å². The van der Waals surface area contributed by atoms with Crippen molar-refractivity contribution >= 4 is 11.3 Å². The molecule has 18 heavy (non-hydrogen) atoms. The number of thiophene rings is 1. The second-order valence-electron chi connectivity index (χ2n) is 4.41. The van der Waals surface area contributed by atoms with Crippen LogP contribution in [0, 0.1) is 6.92 Å². The largest absolute Gasteiger partial charge is 0.392 e. The molecule has 0 saturated carbocycles. The fourth-order valence-corrected chi connectivity index (χ4v) is 2.70. The van der Waals surface area contributed by atoms with Crippen molar-refractivity contribution in [1.82, 2.24) is 5.32 Å². The van der Waals surface area contributed by atoms with Gasteiger partial charge in [0, 0.05) is 16.3 Å². The van der Waals surface area contributed by atoms with Gasteiger partial charge in [0.05, 0.1) is 6.61 Å². The Hall–Kier alpha value is -1.16. The predicted octanol–water partition coefficient (Wildman–Crippen LogP) is 2.88.